The van der Waals surface area contributed by atoms with Crippen LogP contribution in [0.25, 0.3) is 0 Å². The molecule has 1 saturated carbocycles. The third-order valence-corrected chi connectivity index (χ3v) is 4.34. The number of carbonyl (C=O) groups excluding carboxylic acids is 1. The Kier molecular flexibility index (Phi) is 5.78. The number of nitrogens with zero attached hydrogens (tertiary/aromatic N) is 2. The van der Waals surface area contributed by atoms with Crippen LogP contribution in [0.15, 0.2) is 30.5 Å². The van der Waals surface area contributed by atoms with E-state index >= 15 is 0 Å². The van der Waals surface area contributed by atoms with Gasteiger partial charge in [-0.2, -0.15) is 5.10 Å². The van der Waals surface area contributed by atoms with Crippen molar-refractivity contribution in [3.05, 3.63) is 47.3 Å². The molecule has 0 saturated heterocycles. The minimum absolute atomic E-state index is 0.135. The van der Waals surface area contributed by atoms with Crippen molar-refractivity contribution < 1.29 is 19.4 Å². The average Bonchev–Trinajstić information content (AvgIpc) is 3.38. The van der Waals surface area contributed by atoms with Crippen LogP contribution in [0, 0.1) is 5.92 Å². The second-order valence-electron chi connectivity index (χ2n) is 7.31. The number of ether oxygens (including phenoxy) is 1. The SMILES string of the molecule is CC(C)Cn1ncc(C(=O)NCc2cccc(OCC(=O)O)c2)c1C1CC1. The van der Waals surface area contributed by atoms with Gasteiger partial charge in [0.15, 0.2) is 6.61 Å². The van der Waals surface area contributed by atoms with Crippen LogP contribution in [0.3, 0.4) is 0 Å². The highest BCUT2D eigenvalue weighted by molar-refractivity contribution is 5.95. The number of rotatable bonds is 9. The molecule has 0 aliphatic heterocycles. The van der Waals surface area contributed by atoms with Gasteiger partial charge in [-0.25, -0.2) is 4.79 Å². The van der Waals surface area contributed by atoms with E-state index in [2.05, 4.69) is 24.3 Å². The number of nitrogens with one attached hydrogen (secondary N) is 1. The lowest BCUT2D eigenvalue weighted by Gasteiger charge is -2.11. The van der Waals surface area contributed by atoms with E-state index < -0.39 is 12.6 Å². The Labute approximate surface area is 158 Å². The van der Waals surface area contributed by atoms with E-state index in [4.69, 9.17) is 9.84 Å². The van der Waals surface area contributed by atoms with Gasteiger partial charge in [0.1, 0.15) is 5.75 Å². The molecule has 27 heavy (non-hydrogen) atoms. The second kappa shape index (κ2) is 8.24. The van der Waals surface area contributed by atoms with Gasteiger partial charge in [0.2, 0.25) is 0 Å². The fourth-order valence-electron chi connectivity index (χ4n) is 3.02. The zero-order valence-electron chi connectivity index (χ0n) is 15.6. The highest BCUT2D eigenvalue weighted by atomic mass is 16.5. The Morgan fingerprint density at radius 1 is 1.37 bits per heavy atom. The number of aliphatic carboxylic acids is 1. The van der Waals surface area contributed by atoms with Gasteiger partial charge < -0.3 is 15.2 Å². The van der Waals surface area contributed by atoms with Crippen molar-refractivity contribution in [3.63, 3.8) is 0 Å². The standard InChI is InChI=1S/C20H25N3O4/c1-13(2)11-23-19(15-6-7-15)17(10-22-23)20(26)21-9-14-4-3-5-16(8-14)27-12-18(24)25/h3-5,8,10,13,15H,6-7,9,11-12H2,1-2H3,(H,21,26)(H,24,25). The molecule has 7 heteroatoms. The van der Waals surface area contributed by atoms with E-state index in [0.29, 0.717) is 29.7 Å². The van der Waals surface area contributed by atoms with Crippen molar-refractivity contribution in [2.24, 2.45) is 5.92 Å². The molecule has 0 spiro atoms. The molecule has 2 aromatic rings. The molecule has 7 nitrogen and oxygen atoms in total. The van der Waals surface area contributed by atoms with Crippen molar-refractivity contribution in [2.45, 2.75) is 45.7 Å². The summed E-state index contributed by atoms with van der Waals surface area (Å²) in [4.78, 5) is 23.3. The van der Waals surface area contributed by atoms with Crippen molar-refractivity contribution in [2.75, 3.05) is 6.61 Å². The summed E-state index contributed by atoms with van der Waals surface area (Å²) >= 11 is 0. The maximum Gasteiger partial charge on any atom is 0.341 e. The smallest absolute Gasteiger partial charge is 0.341 e. The van der Waals surface area contributed by atoms with E-state index in [-0.39, 0.29) is 5.91 Å². The highest BCUT2D eigenvalue weighted by Gasteiger charge is 2.32. The molecule has 0 bridgehead atoms. The highest BCUT2D eigenvalue weighted by Crippen LogP contribution is 2.41. The Morgan fingerprint density at radius 3 is 2.81 bits per heavy atom. The zero-order chi connectivity index (χ0) is 19.4. The van der Waals surface area contributed by atoms with Gasteiger partial charge >= 0.3 is 5.97 Å². The Bertz CT molecular complexity index is 824. The van der Waals surface area contributed by atoms with Gasteiger partial charge in [-0.15, -0.1) is 0 Å². The minimum Gasteiger partial charge on any atom is -0.482 e. The molecular weight excluding hydrogens is 346 g/mol. The van der Waals surface area contributed by atoms with Crippen molar-refractivity contribution in [3.8, 4) is 5.75 Å². The molecule has 1 heterocycles. The van der Waals surface area contributed by atoms with E-state index in [1.807, 2.05) is 10.7 Å². The molecule has 144 valence electrons. The number of aromatic nitrogens is 2. The summed E-state index contributed by atoms with van der Waals surface area (Å²) in [5.41, 5.74) is 2.53. The van der Waals surface area contributed by atoms with Crippen LogP contribution in [-0.4, -0.2) is 33.4 Å². The van der Waals surface area contributed by atoms with Gasteiger partial charge in [0, 0.05) is 19.0 Å². The molecule has 0 atom stereocenters. The summed E-state index contributed by atoms with van der Waals surface area (Å²) in [7, 11) is 0. The zero-order valence-corrected chi connectivity index (χ0v) is 15.6. The number of carboxylic acids is 1. The van der Waals surface area contributed by atoms with E-state index in [1.165, 1.54) is 0 Å². The quantitative estimate of drug-likeness (QED) is 0.707. The van der Waals surface area contributed by atoms with Crippen LogP contribution < -0.4 is 10.1 Å². The third-order valence-electron chi connectivity index (χ3n) is 4.34. The molecule has 1 aliphatic rings. The summed E-state index contributed by atoms with van der Waals surface area (Å²) in [5, 5.41) is 16.1. The number of carboxylic acid groups (broad SMARTS) is 1. The van der Waals surface area contributed by atoms with Crippen molar-refractivity contribution >= 4 is 11.9 Å². The average molecular weight is 371 g/mol. The normalized spacial score (nSPS) is 13.6. The number of hydrogen-bond donors (Lipinski definition) is 2. The first-order chi connectivity index (χ1) is 12.9. The summed E-state index contributed by atoms with van der Waals surface area (Å²) in [5.74, 6) is 0.197. The lowest BCUT2D eigenvalue weighted by molar-refractivity contribution is -0.139. The third kappa shape index (κ3) is 5.09. The largest absolute Gasteiger partial charge is 0.482 e. The Morgan fingerprint density at radius 2 is 2.15 bits per heavy atom. The second-order valence-corrected chi connectivity index (χ2v) is 7.31. The molecule has 1 amide bonds. The molecule has 0 unspecified atom stereocenters. The summed E-state index contributed by atoms with van der Waals surface area (Å²) in [6, 6.07) is 7.05. The maximum atomic E-state index is 12.7. The Hall–Kier alpha value is -2.83. The lowest BCUT2D eigenvalue weighted by atomic mass is 10.1. The fraction of sp³-hybridized carbons (Fsp3) is 0.450. The molecule has 2 N–H and O–H groups in total. The lowest BCUT2D eigenvalue weighted by Crippen LogP contribution is -2.24. The molecule has 3 rings (SSSR count). The van der Waals surface area contributed by atoms with Gasteiger partial charge in [0.25, 0.3) is 5.91 Å². The van der Waals surface area contributed by atoms with Crippen LogP contribution in [0.2, 0.25) is 0 Å². The molecule has 1 aromatic heterocycles. The van der Waals surface area contributed by atoms with Crippen LogP contribution in [0.5, 0.6) is 5.75 Å². The van der Waals surface area contributed by atoms with Gasteiger partial charge in [-0.3, -0.25) is 9.48 Å². The Balaban J connectivity index is 1.65. The summed E-state index contributed by atoms with van der Waals surface area (Å²) in [6.07, 6.45) is 3.87. The van der Waals surface area contributed by atoms with Crippen molar-refractivity contribution in [1.29, 1.82) is 0 Å². The van der Waals surface area contributed by atoms with Crippen LogP contribution >= 0.6 is 0 Å². The van der Waals surface area contributed by atoms with Gasteiger partial charge in [0.05, 0.1) is 17.5 Å². The first-order valence-corrected chi connectivity index (χ1v) is 9.21. The topological polar surface area (TPSA) is 93.5 Å². The number of amides is 1. The van der Waals surface area contributed by atoms with Crippen LogP contribution in [-0.2, 0) is 17.9 Å². The van der Waals surface area contributed by atoms with E-state index in [1.54, 1.807) is 24.4 Å². The number of benzene rings is 1. The van der Waals surface area contributed by atoms with Crippen molar-refractivity contribution in [1.82, 2.24) is 15.1 Å². The maximum absolute atomic E-state index is 12.7. The number of hydrogen-bond acceptors (Lipinski definition) is 4. The van der Waals surface area contributed by atoms with E-state index in [9.17, 15) is 9.59 Å². The molecule has 1 aromatic carbocycles. The van der Waals surface area contributed by atoms with Crippen LogP contribution in [0.1, 0.15) is 54.2 Å². The predicted molar refractivity (Wildman–Crippen MR) is 99.8 cm³/mol. The molecule has 0 radical (unpaired) electrons. The summed E-state index contributed by atoms with van der Waals surface area (Å²) < 4.78 is 7.14. The molecular formula is C20H25N3O4. The monoisotopic (exact) mass is 371 g/mol. The fourth-order valence-corrected chi connectivity index (χ4v) is 3.02. The van der Waals surface area contributed by atoms with E-state index in [0.717, 1.165) is 30.6 Å². The summed E-state index contributed by atoms with van der Waals surface area (Å²) in [6.45, 7) is 5.02. The van der Waals surface area contributed by atoms with Gasteiger partial charge in [-0.05, 0) is 36.5 Å². The van der Waals surface area contributed by atoms with Crippen LogP contribution in [0.4, 0.5) is 0 Å². The first kappa shape index (κ1) is 18.9. The minimum atomic E-state index is -1.03. The van der Waals surface area contributed by atoms with Gasteiger partial charge in [-0.1, -0.05) is 26.0 Å². The molecule has 1 fully saturated rings. The first-order valence-electron chi connectivity index (χ1n) is 9.21. The number of carbonyl (C=O) groups is 2. The predicted octanol–water partition coefficient (Wildman–Crippen LogP) is 2.81. The molecule has 1 aliphatic carbocycles.